The first kappa shape index (κ1) is 26.8. The van der Waals surface area contributed by atoms with Crippen molar-refractivity contribution >= 4 is 56.1 Å². The van der Waals surface area contributed by atoms with Crippen LogP contribution >= 0.6 is 0 Å². The van der Waals surface area contributed by atoms with E-state index in [1.54, 1.807) is 5.56 Å². The lowest BCUT2D eigenvalue weighted by Crippen LogP contribution is -2.87. The van der Waals surface area contributed by atoms with Crippen molar-refractivity contribution in [2.24, 2.45) is 23.2 Å². The SMILES string of the molecule is c1ccc(N(c2ccc(C34CC5CC6CC(C3)C654)cc2)c2ccc3c(c2)oc2ccc(N(c4ccccc4)c4ccccc4)cc23)cc1. The molecule has 4 fully saturated rings. The van der Waals surface area contributed by atoms with Crippen LogP contribution in [0.5, 0.6) is 0 Å². The normalized spacial score (nSPS) is 26.0. The van der Waals surface area contributed by atoms with Crippen LogP contribution in [0.1, 0.15) is 31.2 Å². The van der Waals surface area contributed by atoms with Crippen LogP contribution in [0.4, 0.5) is 34.1 Å². The van der Waals surface area contributed by atoms with Gasteiger partial charge in [0.1, 0.15) is 11.2 Å². The predicted octanol–water partition coefficient (Wildman–Crippen LogP) is 12.2. The Morgan fingerprint density at radius 2 is 0.938 bits per heavy atom. The van der Waals surface area contributed by atoms with E-state index in [4.69, 9.17) is 4.42 Å². The van der Waals surface area contributed by atoms with Crippen molar-refractivity contribution in [1.29, 1.82) is 0 Å². The smallest absolute Gasteiger partial charge is 0.137 e. The molecule has 1 aromatic heterocycles. The Balaban J connectivity index is 0.982. The maximum Gasteiger partial charge on any atom is 0.137 e. The lowest BCUT2D eigenvalue weighted by atomic mass is 9.12. The summed E-state index contributed by atoms with van der Waals surface area (Å²) in [5, 5.41) is 2.23. The summed E-state index contributed by atoms with van der Waals surface area (Å²) in [7, 11) is 0. The molecule has 4 aliphatic rings. The third-order valence-electron chi connectivity index (χ3n) is 12.9. The molecule has 2 unspecified atom stereocenters. The summed E-state index contributed by atoms with van der Waals surface area (Å²) in [4.78, 5) is 4.67. The van der Waals surface area contributed by atoms with Gasteiger partial charge in [-0.3, -0.25) is 0 Å². The van der Waals surface area contributed by atoms with Crippen molar-refractivity contribution in [1.82, 2.24) is 0 Å². The van der Waals surface area contributed by atoms with Crippen LogP contribution in [0.3, 0.4) is 0 Å². The maximum atomic E-state index is 6.56. The largest absolute Gasteiger partial charge is 0.456 e. The zero-order valence-corrected chi connectivity index (χ0v) is 26.8. The Kier molecular flexibility index (Phi) is 5.37. The highest BCUT2D eigenvalue weighted by Gasteiger charge is 2.87. The van der Waals surface area contributed by atoms with Gasteiger partial charge in [-0.05, 0) is 133 Å². The van der Waals surface area contributed by atoms with E-state index in [1.165, 1.54) is 31.4 Å². The average Bonchev–Trinajstić information content (AvgIpc) is 3.47. The molecular formula is C45H36N2O. The molecule has 3 heteroatoms. The number of benzene rings is 6. The van der Waals surface area contributed by atoms with Gasteiger partial charge in [-0.15, -0.1) is 0 Å². The summed E-state index contributed by atoms with van der Waals surface area (Å²) in [6.07, 6.45) is 5.84. The van der Waals surface area contributed by atoms with E-state index in [0.717, 1.165) is 68.1 Å². The van der Waals surface area contributed by atoms with Crippen LogP contribution in [0.25, 0.3) is 21.9 Å². The molecule has 48 heavy (non-hydrogen) atoms. The maximum absolute atomic E-state index is 6.56. The predicted molar refractivity (Wildman–Crippen MR) is 196 cm³/mol. The van der Waals surface area contributed by atoms with Gasteiger partial charge in [0.15, 0.2) is 0 Å². The highest BCUT2D eigenvalue weighted by molar-refractivity contribution is 6.07. The Labute approximate surface area is 281 Å². The van der Waals surface area contributed by atoms with E-state index in [2.05, 4.69) is 161 Å². The number of rotatable bonds is 7. The molecular weight excluding hydrogens is 585 g/mol. The number of hydrogen-bond acceptors (Lipinski definition) is 3. The second kappa shape index (κ2) is 9.64. The van der Waals surface area contributed by atoms with Gasteiger partial charge in [-0.2, -0.15) is 0 Å². The van der Waals surface area contributed by atoms with E-state index < -0.39 is 0 Å². The fraction of sp³-hybridized carbons (Fsp3) is 0.200. The summed E-state index contributed by atoms with van der Waals surface area (Å²) in [5.41, 5.74) is 11.3. The van der Waals surface area contributed by atoms with Gasteiger partial charge in [0.2, 0.25) is 0 Å². The van der Waals surface area contributed by atoms with Crippen LogP contribution in [0.2, 0.25) is 0 Å². The Morgan fingerprint density at radius 3 is 1.48 bits per heavy atom. The first-order valence-electron chi connectivity index (χ1n) is 17.6. The lowest BCUT2D eigenvalue weighted by Gasteiger charge is -2.91. The molecule has 4 saturated carbocycles. The Bertz CT molecular complexity index is 2260. The van der Waals surface area contributed by atoms with Gasteiger partial charge in [-0.1, -0.05) is 66.7 Å². The average molecular weight is 621 g/mol. The van der Waals surface area contributed by atoms with Gasteiger partial charge in [0, 0.05) is 56.4 Å². The fourth-order valence-electron chi connectivity index (χ4n) is 11.0. The van der Waals surface area contributed by atoms with E-state index in [0.29, 0.717) is 10.8 Å². The van der Waals surface area contributed by atoms with Crippen molar-refractivity contribution < 1.29 is 4.42 Å². The van der Waals surface area contributed by atoms with Crippen LogP contribution in [0.15, 0.2) is 156 Å². The van der Waals surface area contributed by atoms with Gasteiger partial charge < -0.3 is 14.2 Å². The summed E-state index contributed by atoms with van der Waals surface area (Å²) < 4.78 is 6.56. The topological polar surface area (TPSA) is 19.6 Å². The van der Waals surface area contributed by atoms with Crippen molar-refractivity contribution in [2.75, 3.05) is 9.80 Å². The second-order valence-corrected chi connectivity index (χ2v) is 14.7. The molecule has 2 atom stereocenters. The number of nitrogens with zero attached hydrogens (tertiary/aromatic N) is 2. The molecule has 0 amide bonds. The minimum Gasteiger partial charge on any atom is -0.456 e. The molecule has 0 N–H and O–H groups in total. The highest BCUT2D eigenvalue weighted by Crippen LogP contribution is 2.92. The van der Waals surface area contributed by atoms with Gasteiger partial charge >= 0.3 is 0 Å². The van der Waals surface area contributed by atoms with Crippen LogP contribution in [0, 0.1) is 23.2 Å². The van der Waals surface area contributed by atoms with Crippen molar-refractivity contribution in [2.45, 2.75) is 31.1 Å². The number of furan rings is 1. The Hall–Kier alpha value is -5.28. The van der Waals surface area contributed by atoms with Crippen molar-refractivity contribution in [3.05, 3.63) is 157 Å². The molecule has 0 aliphatic heterocycles. The van der Waals surface area contributed by atoms with Crippen molar-refractivity contribution in [3.8, 4) is 0 Å². The van der Waals surface area contributed by atoms with Crippen LogP contribution < -0.4 is 9.80 Å². The molecule has 6 aromatic carbocycles. The highest BCUT2D eigenvalue weighted by atomic mass is 16.3. The first-order valence-corrected chi connectivity index (χ1v) is 17.6. The monoisotopic (exact) mass is 620 g/mol. The van der Waals surface area contributed by atoms with E-state index >= 15 is 0 Å². The van der Waals surface area contributed by atoms with Crippen molar-refractivity contribution in [3.63, 3.8) is 0 Å². The standard InChI is InChI=1S/C45H36N2O/c1-4-10-34(11-5-1)46(35-12-6-2-7-13-35)38-21-23-42-41(26-38)40-22-20-39(27-43(40)48-42)47(36-14-8-3-9-15-36)37-18-16-30(17-19-37)44-28-32-24-31-25-33(29-44)45(31,32)44/h1-23,26-27,31-33H,24-25,28-29H2. The number of anilines is 6. The van der Waals surface area contributed by atoms with Gasteiger partial charge in [0.05, 0.1) is 0 Å². The zero-order chi connectivity index (χ0) is 31.5. The Morgan fingerprint density at radius 1 is 0.438 bits per heavy atom. The fourth-order valence-corrected chi connectivity index (χ4v) is 11.0. The summed E-state index contributed by atoms with van der Waals surface area (Å²) in [5.74, 6) is 3.05. The number of fused-ring (bicyclic) bond motifs is 3. The molecule has 0 radical (unpaired) electrons. The zero-order valence-electron chi connectivity index (χ0n) is 26.8. The molecule has 0 bridgehead atoms. The summed E-state index contributed by atoms with van der Waals surface area (Å²) >= 11 is 0. The third-order valence-corrected chi connectivity index (χ3v) is 12.9. The summed E-state index contributed by atoms with van der Waals surface area (Å²) in [6.45, 7) is 0. The molecule has 0 saturated heterocycles. The molecule has 1 spiro atoms. The molecule has 1 heterocycles. The molecule has 7 aromatic rings. The van der Waals surface area contributed by atoms with E-state index in [9.17, 15) is 0 Å². The third kappa shape index (κ3) is 3.39. The summed E-state index contributed by atoms with van der Waals surface area (Å²) in [6, 6.07) is 54.7. The minimum absolute atomic E-state index is 0.474. The molecule has 3 nitrogen and oxygen atoms in total. The molecule has 4 aliphatic carbocycles. The van der Waals surface area contributed by atoms with E-state index in [1.807, 2.05) is 0 Å². The first-order chi connectivity index (χ1) is 23.7. The number of hydrogen-bond donors (Lipinski definition) is 0. The quantitative estimate of drug-likeness (QED) is 0.177. The minimum atomic E-state index is 0.474. The van der Waals surface area contributed by atoms with Crippen LogP contribution in [-0.2, 0) is 5.41 Å². The second-order valence-electron chi connectivity index (χ2n) is 14.7. The molecule has 11 rings (SSSR count). The van der Waals surface area contributed by atoms with Gasteiger partial charge in [-0.25, -0.2) is 0 Å². The molecule has 232 valence electrons. The number of para-hydroxylation sites is 3. The van der Waals surface area contributed by atoms with Gasteiger partial charge in [0.25, 0.3) is 0 Å². The van der Waals surface area contributed by atoms with Crippen LogP contribution in [-0.4, -0.2) is 0 Å². The lowest BCUT2D eigenvalue weighted by molar-refractivity contribution is -0.395. The van der Waals surface area contributed by atoms with E-state index in [-0.39, 0.29) is 0 Å².